The minimum atomic E-state index is -0.335. The summed E-state index contributed by atoms with van der Waals surface area (Å²) in [4.78, 5) is 34.2. The van der Waals surface area contributed by atoms with E-state index in [4.69, 9.17) is 0 Å². The van der Waals surface area contributed by atoms with E-state index < -0.39 is 0 Å². The molecule has 23 heavy (non-hydrogen) atoms. The number of hydrogen-bond acceptors (Lipinski definition) is 5. The Morgan fingerprint density at radius 2 is 2.09 bits per heavy atom. The lowest BCUT2D eigenvalue weighted by atomic mass is 10.1. The van der Waals surface area contributed by atoms with Crippen LogP contribution >= 0.6 is 0 Å². The number of aromatic nitrogens is 4. The van der Waals surface area contributed by atoms with E-state index >= 15 is 0 Å². The molecule has 0 bridgehead atoms. The topological polar surface area (TPSA) is 93.0 Å². The number of rotatable bonds is 3. The van der Waals surface area contributed by atoms with Crippen molar-refractivity contribution >= 4 is 11.8 Å². The highest BCUT2D eigenvalue weighted by Gasteiger charge is 2.41. The minimum absolute atomic E-state index is 0.0171. The Balaban J connectivity index is 1.83. The summed E-state index contributed by atoms with van der Waals surface area (Å²) in [5.41, 5.74) is 1.85. The number of carbonyl (C=O) groups is 2. The normalized spacial score (nSPS) is 20.8. The molecule has 0 aliphatic carbocycles. The van der Waals surface area contributed by atoms with E-state index in [1.807, 2.05) is 13.1 Å². The van der Waals surface area contributed by atoms with Crippen LogP contribution in [-0.2, 0) is 11.8 Å². The first-order valence-electron chi connectivity index (χ1n) is 7.30. The van der Waals surface area contributed by atoms with Crippen molar-refractivity contribution < 1.29 is 9.59 Å². The van der Waals surface area contributed by atoms with Crippen molar-refractivity contribution in [3.8, 4) is 0 Å². The van der Waals surface area contributed by atoms with Gasteiger partial charge in [-0.1, -0.05) is 0 Å². The van der Waals surface area contributed by atoms with Crippen molar-refractivity contribution in [1.82, 2.24) is 30.0 Å². The molecule has 8 heteroatoms. The molecule has 1 aliphatic rings. The predicted molar refractivity (Wildman–Crippen MR) is 81.4 cm³/mol. The first-order chi connectivity index (χ1) is 11.0. The first kappa shape index (κ1) is 15.1. The van der Waals surface area contributed by atoms with Gasteiger partial charge in [0, 0.05) is 32.9 Å². The molecule has 0 unspecified atom stereocenters. The second-order valence-electron chi connectivity index (χ2n) is 5.66. The zero-order valence-corrected chi connectivity index (χ0v) is 13.2. The smallest absolute Gasteiger partial charge is 0.271 e. The maximum atomic E-state index is 12.4. The summed E-state index contributed by atoms with van der Waals surface area (Å²) in [6.07, 6.45) is 4.90. The fraction of sp³-hybridized carbons (Fsp3) is 0.400. The Labute approximate surface area is 133 Å². The van der Waals surface area contributed by atoms with Crippen LogP contribution in [0, 0.1) is 6.92 Å². The van der Waals surface area contributed by atoms with Crippen LogP contribution in [0.15, 0.2) is 24.7 Å². The Morgan fingerprint density at radius 1 is 1.30 bits per heavy atom. The van der Waals surface area contributed by atoms with Gasteiger partial charge in [-0.2, -0.15) is 5.10 Å². The molecule has 2 atom stereocenters. The fourth-order valence-corrected chi connectivity index (χ4v) is 2.83. The van der Waals surface area contributed by atoms with Gasteiger partial charge in [-0.3, -0.25) is 19.3 Å². The number of nitrogens with zero attached hydrogens (tertiary/aromatic N) is 5. The monoisotopic (exact) mass is 314 g/mol. The van der Waals surface area contributed by atoms with Gasteiger partial charge in [0.25, 0.3) is 5.91 Å². The standard InChI is InChI=1S/C15H18N6O2/c1-9-7-17-11(8-16-9)15(23)19-10-6-13(22)20(2)14(10)12-4-5-18-21(12)3/h4-5,7-8,10,14H,6H2,1-3H3,(H,19,23)/t10-,14-/m1/s1. The van der Waals surface area contributed by atoms with E-state index in [9.17, 15) is 9.59 Å². The van der Waals surface area contributed by atoms with E-state index in [1.165, 1.54) is 6.20 Å². The highest BCUT2D eigenvalue weighted by Crippen LogP contribution is 2.31. The van der Waals surface area contributed by atoms with Crippen molar-refractivity contribution in [2.24, 2.45) is 7.05 Å². The van der Waals surface area contributed by atoms with Crippen LogP contribution in [0.4, 0.5) is 0 Å². The molecule has 0 aromatic carbocycles. The van der Waals surface area contributed by atoms with Gasteiger partial charge in [0.05, 0.1) is 29.7 Å². The Morgan fingerprint density at radius 3 is 2.70 bits per heavy atom. The Kier molecular flexibility index (Phi) is 3.81. The molecule has 2 aromatic rings. The molecule has 2 aromatic heterocycles. The van der Waals surface area contributed by atoms with Crippen molar-refractivity contribution in [3.05, 3.63) is 41.7 Å². The van der Waals surface area contributed by atoms with Crippen LogP contribution in [0.3, 0.4) is 0 Å². The van der Waals surface area contributed by atoms with E-state index in [-0.39, 0.29) is 36.0 Å². The lowest BCUT2D eigenvalue weighted by Crippen LogP contribution is -2.40. The molecule has 2 amide bonds. The van der Waals surface area contributed by atoms with E-state index in [1.54, 1.807) is 35.9 Å². The summed E-state index contributed by atoms with van der Waals surface area (Å²) in [5, 5.41) is 7.04. The average Bonchev–Trinajstić information content (AvgIpc) is 3.04. The van der Waals surface area contributed by atoms with Crippen LogP contribution < -0.4 is 5.32 Å². The zero-order valence-electron chi connectivity index (χ0n) is 13.2. The van der Waals surface area contributed by atoms with Crippen molar-refractivity contribution in [1.29, 1.82) is 0 Å². The molecule has 0 spiro atoms. The average molecular weight is 314 g/mol. The van der Waals surface area contributed by atoms with E-state index in [2.05, 4.69) is 20.4 Å². The lowest BCUT2D eigenvalue weighted by molar-refractivity contribution is -0.127. The molecule has 1 aliphatic heterocycles. The summed E-state index contributed by atoms with van der Waals surface area (Å²) in [6.45, 7) is 1.80. The molecule has 1 N–H and O–H groups in total. The molecule has 0 radical (unpaired) electrons. The quantitative estimate of drug-likeness (QED) is 0.875. The van der Waals surface area contributed by atoms with E-state index in [0.29, 0.717) is 0 Å². The van der Waals surface area contributed by atoms with Gasteiger partial charge >= 0.3 is 0 Å². The highest BCUT2D eigenvalue weighted by molar-refractivity contribution is 5.93. The molecular weight excluding hydrogens is 296 g/mol. The van der Waals surface area contributed by atoms with Crippen LogP contribution in [-0.4, -0.2) is 49.6 Å². The summed E-state index contributed by atoms with van der Waals surface area (Å²) in [5.74, 6) is -0.353. The van der Waals surface area contributed by atoms with Crippen molar-refractivity contribution in [2.45, 2.75) is 25.4 Å². The summed E-state index contributed by atoms with van der Waals surface area (Å²) >= 11 is 0. The number of amides is 2. The third-order valence-electron chi connectivity index (χ3n) is 4.08. The predicted octanol–water partition coefficient (Wildman–Crippen LogP) is 0.220. The van der Waals surface area contributed by atoms with Gasteiger partial charge in [-0.05, 0) is 13.0 Å². The van der Waals surface area contributed by atoms with Gasteiger partial charge in [-0.15, -0.1) is 0 Å². The zero-order chi connectivity index (χ0) is 16.6. The maximum Gasteiger partial charge on any atom is 0.271 e. The van der Waals surface area contributed by atoms with Gasteiger partial charge < -0.3 is 10.2 Å². The van der Waals surface area contributed by atoms with Crippen LogP contribution in [0.5, 0.6) is 0 Å². The third kappa shape index (κ3) is 2.79. The molecule has 0 saturated carbocycles. The maximum absolute atomic E-state index is 12.4. The van der Waals surface area contributed by atoms with E-state index in [0.717, 1.165) is 11.4 Å². The summed E-state index contributed by atoms with van der Waals surface area (Å²) in [7, 11) is 3.55. The summed E-state index contributed by atoms with van der Waals surface area (Å²) < 4.78 is 1.71. The fourth-order valence-electron chi connectivity index (χ4n) is 2.83. The molecule has 8 nitrogen and oxygen atoms in total. The van der Waals surface area contributed by atoms with Crippen LogP contribution in [0.25, 0.3) is 0 Å². The number of aryl methyl sites for hydroxylation is 2. The second-order valence-corrected chi connectivity index (χ2v) is 5.66. The highest BCUT2D eigenvalue weighted by atomic mass is 16.2. The van der Waals surface area contributed by atoms with Gasteiger partial charge in [-0.25, -0.2) is 4.98 Å². The third-order valence-corrected chi connectivity index (χ3v) is 4.08. The number of likely N-dealkylation sites (N-methyl/N-ethyl adjacent to an activating group) is 1. The molecular formula is C15H18N6O2. The van der Waals surface area contributed by atoms with Crippen molar-refractivity contribution in [2.75, 3.05) is 7.05 Å². The minimum Gasteiger partial charge on any atom is -0.345 e. The lowest BCUT2D eigenvalue weighted by Gasteiger charge is -2.25. The van der Waals surface area contributed by atoms with Crippen LogP contribution in [0.2, 0.25) is 0 Å². The first-order valence-corrected chi connectivity index (χ1v) is 7.30. The second kappa shape index (κ2) is 5.79. The summed E-state index contributed by atoms with van der Waals surface area (Å²) in [6, 6.07) is 1.26. The number of carbonyl (C=O) groups excluding carboxylic acids is 2. The van der Waals surface area contributed by atoms with Crippen LogP contribution in [0.1, 0.15) is 34.3 Å². The Hall–Kier alpha value is -2.77. The van der Waals surface area contributed by atoms with Gasteiger partial charge in [0.2, 0.25) is 5.91 Å². The van der Waals surface area contributed by atoms with Gasteiger partial charge in [0.1, 0.15) is 5.69 Å². The molecule has 3 rings (SSSR count). The SMILES string of the molecule is Cc1cnc(C(=O)N[C@@H]2CC(=O)N(C)[C@H]2c2ccnn2C)cn1. The molecule has 1 saturated heterocycles. The molecule has 1 fully saturated rings. The van der Waals surface area contributed by atoms with Crippen molar-refractivity contribution in [3.63, 3.8) is 0 Å². The van der Waals surface area contributed by atoms with Gasteiger partial charge in [0.15, 0.2) is 0 Å². The number of likely N-dealkylation sites (tertiary alicyclic amines) is 1. The number of hydrogen-bond donors (Lipinski definition) is 1. The Bertz CT molecular complexity index is 739. The molecule has 3 heterocycles. The number of nitrogens with one attached hydrogen (secondary N) is 1. The largest absolute Gasteiger partial charge is 0.345 e. The molecule has 120 valence electrons.